The van der Waals surface area contributed by atoms with Gasteiger partial charge in [-0.05, 0) is 96.3 Å². The highest BCUT2D eigenvalue weighted by Crippen LogP contribution is 2.17. The van der Waals surface area contributed by atoms with Gasteiger partial charge in [-0.1, -0.05) is 196 Å². The number of hydrogen-bond donors (Lipinski definition) is 3. The fourth-order valence-electron chi connectivity index (χ4n) is 7.21. The van der Waals surface area contributed by atoms with Crippen molar-refractivity contribution in [3.63, 3.8) is 0 Å². The average molecular weight is 838 g/mol. The minimum Gasteiger partial charge on any atom is -0.462 e. The van der Waals surface area contributed by atoms with Crippen LogP contribution in [0, 0.1) is 0 Å². The lowest BCUT2D eigenvalue weighted by molar-refractivity contribution is -0.151. The lowest BCUT2D eigenvalue weighted by atomic mass is 10.0. The number of nitrogens with one attached hydrogen (secondary N) is 1. The Kier molecular flexibility index (Phi) is 45.2. The molecule has 0 saturated carbocycles. The molecule has 0 aliphatic heterocycles. The van der Waals surface area contributed by atoms with E-state index in [1.165, 1.54) is 77.0 Å². The second-order valence-corrected chi connectivity index (χ2v) is 16.8. The molecule has 0 spiro atoms. The number of carbonyl (C=O) groups excluding carboxylic acids is 2. The maximum Gasteiger partial charge on any atom is 0.306 e. The van der Waals surface area contributed by atoms with Crippen LogP contribution in [0.25, 0.3) is 0 Å². The number of carbonyl (C=O) groups is 2. The molecule has 6 nitrogen and oxygen atoms in total. The molecule has 0 aliphatic rings. The molecule has 6 heteroatoms. The van der Waals surface area contributed by atoms with Crippen molar-refractivity contribution in [1.82, 2.24) is 5.32 Å². The fourth-order valence-corrected chi connectivity index (χ4v) is 7.21. The van der Waals surface area contributed by atoms with E-state index < -0.39 is 18.2 Å². The van der Waals surface area contributed by atoms with E-state index in [0.717, 1.165) is 109 Å². The number of ether oxygens (including phenoxy) is 1. The molecule has 3 N–H and O–H groups in total. The highest BCUT2D eigenvalue weighted by molar-refractivity contribution is 5.77. The van der Waals surface area contributed by atoms with Gasteiger partial charge in [0.05, 0.1) is 25.2 Å². The summed E-state index contributed by atoms with van der Waals surface area (Å²) in [4.78, 5) is 26.1. The topological polar surface area (TPSA) is 95.9 Å². The Hall–Kier alpha value is -2.70. The standard InChI is InChI=1S/C54H95NO5/c1-4-7-10-13-16-19-22-24-25-26-27-28-29-30-32-35-38-41-44-47-54(59)60-50(45-42-39-36-33-31-23-20-17-14-11-8-5-2)48-53(58)55-51(49-56)52(57)46-43-40-37-34-21-18-15-12-9-6-3/h8,11,16-17,19-20,24-25,27-28,30,32,50-52,56-57H,4-7,9-10,12-15,18,21-23,26,29,31,33-49H2,1-3H3,(H,55,58)/b11-8+,19-16-,20-17+,25-24-,28-27-,32-30-. The molecule has 0 saturated heterocycles. The average Bonchev–Trinajstić information content (AvgIpc) is 3.24. The van der Waals surface area contributed by atoms with Crippen molar-refractivity contribution in [3.8, 4) is 0 Å². The summed E-state index contributed by atoms with van der Waals surface area (Å²) in [5.74, 6) is -0.528. The monoisotopic (exact) mass is 838 g/mol. The van der Waals surface area contributed by atoms with E-state index in [2.05, 4.69) is 99.0 Å². The largest absolute Gasteiger partial charge is 0.462 e. The SMILES string of the molecule is CC/C=C/C/C=C/CCCCCCCC(CC(=O)NC(CO)C(O)CCCCCCCCCCCC)OC(=O)CCCCC/C=C\C/C=C\C/C=C\C/C=C\CCCCC. The maximum absolute atomic E-state index is 13.2. The third-order valence-electron chi connectivity index (χ3n) is 11.0. The zero-order chi connectivity index (χ0) is 43.8. The lowest BCUT2D eigenvalue weighted by Crippen LogP contribution is -2.46. The zero-order valence-corrected chi connectivity index (χ0v) is 39.3. The van der Waals surface area contributed by atoms with Crippen molar-refractivity contribution in [2.45, 2.75) is 251 Å². The number of amides is 1. The summed E-state index contributed by atoms with van der Waals surface area (Å²) < 4.78 is 5.90. The number of esters is 1. The first-order chi connectivity index (χ1) is 29.5. The summed E-state index contributed by atoms with van der Waals surface area (Å²) in [6, 6.07) is -0.714. The third-order valence-corrected chi connectivity index (χ3v) is 11.0. The van der Waals surface area contributed by atoms with E-state index in [0.29, 0.717) is 19.3 Å². The molecule has 0 fully saturated rings. The molecule has 1 amide bonds. The number of aliphatic hydroxyl groups is 2. The van der Waals surface area contributed by atoms with Crippen molar-refractivity contribution in [2.24, 2.45) is 0 Å². The molecule has 0 radical (unpaired) electrons. The van der Waals surface area contributed by atoms with Crippen molar-refractivity contribution >= 4 is 11.9 Å². The van der Waals surface area contributed by atoms with Gasteiger partial charge in [0.2, 0.25) is 5.91 Å². The van der Waals surface area contributed by atoms with Crippen LogP contribution in [0.4, 0.5) is 0 Å². The fraction of sp³-hybridized carbons (Fsp3) is 0.741. The predicted octanol–water partition coefficient (Wildman–Crippen LogP) is 15.0. The molecule has 0 aromatic rings. The van der Waals surface area contributed by atoms with Crippen molar-refractivity contribution < 1.29 is 24.5 Å². The van der Waals surface area contributed by atoms with Crippen molar-refractivity contribution in [2.75, 3.05) is 6.61 Å². The minimum atomic E-state index is -0.798. The number of unbranched alkanes of at least 4 members (excludes halogenated alkanes) is 20. The first-order valence-electron chi connectivity index (χ1n) is 25.2. The molecular weight excluding hydrogens is 743 g/mol. The number of aliphatic hydroxyl groups excluding tert-OH is 2. The van der Waals surface area contributed by atoms with Gasteiger partial charge in [0.1, 0.15) is 6.10 Å². The molecule has 0 heterocycles. The van der Waals surface area contributed by atoms with Crippen LogP contribution >= 0.6 is 0 Å². The highest BCUT2D eigenvalue weighted by atomic mass is 16.5. The lowest BCUT2D eigenvalue weighted by Gasteiger charge is -2.24. The molecule has 0 aliphatic carbocycles. The Bertz CT molecular complexity index is 1120. The Labute approximate surface area is 371 Å². The molecule has 3 unspecified atom stereocenters. The maximum atomic E-state index is 13.2. The zero-order valence-electron chi connectivity index (χ0n) is 39.3. The Morgan fingerprint density at radius 1 is 0.500 bits per heavy atom. The van der Waals surface area contributed by atoms with E-state index >= 15 is 0 Å². The summed E-state index contributed by atoms with van der Waals surface area (Å²) >= 11 is 0. The smallest absolute Gasteiger partial charge is 0.306 e. The highest BCUT2D eigenvalue weighted by Gasteiger charge is 2.24. The number of allylic oxidation sites excluding steroid dienone is 12. The number of hydrogen-bond acceptors (Lipinski definition) is 5. The quantitative estimate of drug-likeness (QED) is 0.0323. The predicted molar refractivity (Wildman–Crippen MR) is 259 cm³/mol. The second-order valence-electron chi connectivity index (χ2n) is 16.8. The van der Waals surface area contributed by atoms with E-state index in [1.807, 2.05) is 0 Å². The van der Waals surface area contributed by atoms with Gasteiger partial charge in [0, 0.05) is 6.42 Å². The summed E-state index contributed by atoms with van der Waals surface area (Å²) in [7, 11) is 0. The molecular formula is C54H95NO5. The summed E-state index contributed by atoms with van der Waals surface area (Å²) in [5.41, 5.74) is 0. The summed E-state index contributed by atoms with van der Waals surface area (Å²) in [5, 5.41) is 23.7. The van der Waals surface area contributed by atoms with Gasteiger partial charge in [-0.3, -0.25) is 9.59 Å². The van der Waals surface area contributed by atoms with Crippen LogP contribution in [-0.4, -0.2) is 46.9 Å². The molecule has 0 aromatic heterocycles. The normalized spacial score (nSPS) is 13.9. The van der Waals surface area contributed by atoms with Gasteiger partial charge >= 0.3 is 5.97 Å². The number of rotatable bonds is 44. The van der Waals surface area contributed by atoms with Crippen LogP contribution < -0.4 is 5.32 Å². The van der Waals surface area contributed by atoms with Gasteiger partial charge < -0.3 is 20.3 Å². The third kappa shape index (κ3) is 42.0. The van der Waals surface area contributed by atoms with Gasteiger partial charge in [0.15, 0.2) is 0 Å². The Morgan fingerprint density at radius 2 is 0.900 bits per heavy atom. The van der Waals surface area contributed by atoms with Crippen LogP contribution in [-0.2, 0) is 14.3 Å². The Morgan fingerprint density at radius 3 is 1.40 bits per heavy atom. The van der Waals surface area contributed by atoms with Crippen molar-refractivity contribution in [1.29, 1.82) is 0 Å². The van der Waals surface area contributed by atoms with E-state index in [4.69, 9.17) is 4.74 Å². The molecule has 0 rings (SSSR count). The van der Waals surface area contributed by atoms with Gasteiger partial charge in [-0.2, -0.15) is 0 Å². The minimum absolute atomic E-state index is 0.0521. The van der Waals surface area contributed by atoms with Gasteiger partial charge in [0.25, 0.3) is 0 Å². The van der Waals surface area contributed by atoms with Gasteiger partial charge in [-0.25, -0.2) is 0 Å². The second kappa shape index (κ2) is 47.4. The van der Waals surface area contributed by atoms with E-state index in [9.17, 15) is 19.8 Å². The van der Waals surface area contributed by atoms with Crippen LogP contribution in [0.15, 0.2) is 72.9 Å². The summed E-state index contributed by atoms with van der Waals surface area (Å²) in [6.07, 6.45) is 59.6. The first-order valence-corrected chi connectivity index (χ1v) is 25.2. The van der Waals surface area contributed by atoms with Crippen molar-refractivity contribution in [3.05, 3.63) is 72.9 Å². The molecule has 60 heavy (non-hydrogen) atoms. The van der Waals surface area contributed by atoms with Crippen LogP contribution in [0.3, 0.4) is 0 Å². The van der Waals surface area contributed by atoms with E-state index in [-0.39, 0.29) is 24.9 Å². The molecule has 0 aromatic carbocycles. The molecule has 346 valence electrons. The molecule has 0 bridgehead atoms. The Balaban J connectivity index is 4.62. The first kappa shape index (κ1) is 57.3. The van der Waals surface area contributed by atoms with Crippen LogP contribution in [0.5, 0.6) is 0 Å². The van der Waals surface area contributed by atoms with Crippen LogP contribution in [0.2, 0.25) is 0 Å². The van der Waals surface area contributed by atoms with Gasteiger partial charge in [-0.15, -0.1) is 0 Å². The van der Waals surface area contributed by atoms with E-state index in [1.54, 1.807) is 0 Å². The summed E-state index contributed by atoms with van der Waals surface area (Å²) in [6.45, 7) is 6.32. The molecule has 3 atom stereocenters. The van der Waals surface area contributed by atoms with Crippen LogP contribution in [0.1, 0.15) is 233 Å².